The molecular formula is C25H29N7O. The predicted molar refractivity (Wildman–Crippen MR) is 127 cm³/mol. The Hall–Kier alpha value is -3.55. The Morgan fingerprint density at radius 2 is 1.88 bits per heavy atom. The zero-order chi connectivity index (χ0) is 22.6. The number of pyridine rings is 1. The average molecular weight is 444 g/mol. The first-order valence-electron chi connectivity index (χ1n) is 11.8. The Bertz CT molecular complexity index is 1250. The molecule has 8 nitrogen and oxygen atoms in total. The molecule has 1 fully saturated rings. The molecule has 3 aromatic heterocycles. The van der Waals surface area contributed by atoms with Crippen LogP contribution in [0.15, 0.2) is 53.6 Å². The highest BCUT2D eigenvalue weighted by Crippen LogP contribution is 2.29. The van der Waals surface area contributed by atoms with Crippen molar-refractivity contribution in [2.24, 2.45) is 0 Å². The molecule has 1 N–H and O–H groups in total. The molecule has 170 valence electrons. The Morgan fingerprint density at radius 1 is 1.06 bits per heavy atom. The first-order valence-corrected chi connectivity index (χ1v) is 11.8. The smallest absolute Gasteiger partial charge is 0.296 e. The molecule has 1 saturated carbocycles. The van der Waals surface area contributed by atoms with Crippen molar-refractivity contribution in [3.63, 3.8) is 0 Å². The van der Waals surface area contributed by atoms with Gasteiger partial charge >= 0.3 is 5.69 Å². The van der Waals surface area contributed by atoms with E-state index in [1.165, 1.54) is 19.3 Å². The van der Waals surface area contributed by atoms with E-state index in [9.17, 15) is 4.79 Å². The number of hydrogen-bond donors (Lipinski definition) is 1. The Balaban J connectivity index is 1.42. The van der Waals surface area contributed by atoms with Gasteiger partial charge in [0.2, 0.25) is 5.82 Å². The van der Waals surface area contributed by atoms with E-state index in [1.54, 1.807) is 0 Å². The van der Waals surface area contributed by atoms with Crippen LogP contribution in [0, 0.1) is 0 Å². The van der Waals surface area contributed by atoms with Gasteiger partial charge in [-0.05, 0) is 36.1 Å². The van der Waals surface area contributed by atoms with Crippen LogP contribution in [0.25, 0.3) is 22.6 Å². The molecule has 0 saturated heterocycles. The average Bonchev–Trinajstić information content (AvgIpc) is 3.50. The van der Waals surface area contributed by atoms with Gasteiger partial charge in [-0.3, -0.25) is 14.1 Å². The lowest BCUT2D eigenvalue weighted by atomic mass is 9.95. The van der Waals surface area contributed by atoms with Gasteiger partial charge in [-0.2, -0.15) is 5.21 Å². The van der Waals surface area contributed by atoms with E-state index in [0.717, 1.165) is 53.8 Å². The van der Waals surface area contributed by atoms with E-state index in [4.69, 9.17) is 4.98 Å². The third-order valence-corrected chi connectivity index (χ3v) is 6.52. The number of aromatic amines is 1. The number of imidazole rings is 1. The van der Waals surface area contributed by atoms with Crippen LogP contribution in [0.4, 0.5) is 0 Å². The second-order valence-corrected chi connectivity index (χ2v) is 8.77. The third-order valence-electron chi connectivity index (χ3n) is 6.52. The molecule has 0 bridgehead atoms. The minimum Gasteiger partial charge on any atom is -0.296 e. The summed E-state index contributed by atoms with van der Waals surface area (Å²) < 4.78 is 3.93. The van der Waals surface area contributed by atoms with Crippen molar-refractivity contribution in [3.05, 3.63) is 70.5 Å². The molecule has 3 heterocycles. The van der Waals surface area contributed by atoms with Crippen molar-refractivity contribution in [2.45, 2.75) is 64.5 Å². The van der Waals surface area contributed by atoms with Crippen LogP contribution >= 0.6 is 0 Å². The summed E-state index contributed by atoms with van der Waals surface area (Å²) in [5.74, 6) is 0.538. The summed E-state index contributed by atoms with van der Waals surface area (Å²) in [7, 11) is 0. The first-order chi connectivity index (χ1) is 16.2. The molecule has 0 spiro atoms. The Morgan fingerprint density at radius 3 is 2.58 bits per heavy atom. The van der Waals surface area contributed by atoms with Crippen molar-refractivity contribution in [1.82, 2.24) is 34.7 Å². The fourth-order valence-electron chi connectivity index (χ4n) is 4.83. The van der Waals surface area contributed by atoms with Crippen LogP contribution < -0.4 is 5.69 Å². The summed E-state index contributed by atoms with van der Waals surface area (Å²) in [6.07, 6.45) is 11.8. The van der Waals surface area contributed by atoms with Crippen LogP contribution in [0.2, 0.25) is 0 Å². The maximum atomic E-state index is 13.3. The number of H-pyrrole nitrogens is 1. The molecular weight excluding hydrogens is 414 g/mol. The molecule has 0 aliphatic heterocycles. The summed E-state index contributed by atoms with van der Waals surface area (Å²) >= 11 is 0. The van der Waals surface area contributed by atoms with Crippen molar-refractivity contribution in [2.75, 3.05) is 0 Å². The van der Waals surface area contributed by atoms with E-state index in [2.05, 4.69) is 39.8 Å². The molecule has 1 aliphatic rings. The highest BCUT2D eigenvalue weighted by molar-refractivity contribution is 5.78. The van der Waals surface area contributed by atoms with Gasteiger partial charge in [0.1, 0.15) is 0 Å². The van der Waals surface area contributed by atoms with Gasteiger partial charge in [0.25, 0.3) is 0 Å². The number of aryl methyl sites for hydroxylation is 1. The van der Waals surface area contributed by atoms with Gasteiger partial charge in [0, 0.05) is 35.3 Å². The topological polar surface area (TPSA) is 94.3 Å². The number of hydrogen-bond acceptors (Lipinski definition) is 5. The van der Waals surface area contributed by atoms with Crippen LogP contribution in [0.3, 0.4) is 0 Å². The van der Waals surface area contributed by atoms with Gasteiger partial charge in [-0.1, -0.05) is 62.9 Å². The monoisotopic (exact) mass is 443 g/mol. The molecule has 8 heteroatoms. The SMILES string of the molecule is CCCc1cn(C2CCCCC2)c(=O)n1Cc1ccc(-c2ccccc2-c2nn[nH]n2)nc1. The fraction of sp³-hybridized carbons (Fsp3) is 0.400. The number of rotatable bonds is 7. The molecule has 4 aromatic rings. The lowest BCUT2D eigenvalue weighted by Gasteiger charge is -2.22. The van der Waals surface area contributed by atoms with E-state index in [1.807, 2.05) is 45.7 Å². The molecule has 1 aliphatic carbocycles. The lowest BCUT2D eigenvalue weighted by Crippen LogP contribution is -2.29. The predicted octanol–water partition coefficient (Wildman–Crippen LogP) is 4.40. The van der Waals surface area contributed by atoms with Crippen LogP contribution in [-0.2, 0) is 13.0 Å². The summed E-state index contributed by atoms with van der Waals surface area (Å²) in [4.78, 5) is 18.0. The van der Waals surface area contributed by atoms with E-state index < -0.39 is 0 Å². The van der Waals surface area contributed by atoms with E-state index in [-0.39, 0.29) is 5.69 Å². The molecule has 1 aromatic carbocycles. The maximum absolute atomic E-state index is 13.3. The number of tetrazole rings is 1. The minimum atomic E-state index is 0.108. The molecule has 5 rings (SSSR count). The van der Waals surface area contributed by atoms with Crippen molar-refractivity contribution in [1.29, 1.82) is 0 Å². The summed E-state index contributed by atoms with van der Waals surface area (Å²) in [5.41, 5.74) is 4.88. The Kier molecular flexibility index (Phi) is 6.15. The molecule has 0 unspecified atom stereocenters. The standard InChI is InChI=1S/C25H29N7O/c1-2-8-20-17-32(19-9-4-3-5-10-19)25(33)31(20)16-18-13-14-23(26-15-18)21-11-6-7-12-22(21)24-27-29-30-28-24/h6-7,11-15,17,19H,2-5,8-10,16H2,1H3,(H,27,28,29,30). The van der Waals surface area contributed by atoms with Gasteiger partial charge in [-0.25, -0.2) is 4.79 Å². The van der Waals surface area contributed by atoms with Crippen molar-refractivity contribution in [3.8, 4) is 22.6 Å². The molecule has 0 radical (unpaired) electrons. The van der Waals surface area contributed by atoms with Crippen LogP contribution in [0.1, 0.15) is 62.7 Å². The van der Waals surface area contributed by atoms with Gasteiger partial charge in [-0.15, -0.1) is 10.2 Å². The van der Waals surface area contributed by atoms with Gasteiger partial charge in [0.15, 0.2) is 0 Å². The van der Waals surface area contributed by atoms with E-state index in [0.29, 0.717) is 18.4 Å². The van der Waals surface area contributed by atoms with Crippen molar-refractivity contribution < 1.29 is 0 Å². The normalized spacial score (nSPS) is 14.6. The zero-order valence-corrected chi connectivity index (χ0v) is 18.9. The summed E-state index contributed by atoms with van der Waals surface area (Å²) in [5, 5.41) is 14.4. The second kappa shape index (κ2) is 9.52. The second-order valence-electron chi connectivity index (χ2n) is 8.77. The van der Waals surface area contributed by atoms with Crippen LogP contribution in [-0.4, -0.2) is 34.7 Å². The van der Waals surface area contributed by atoms with Crippen molar-refractivity contribution >= 4 is 0 Å². The fourth-order valence-corrected chi connectivity index (χ4v) is 4.83. The van der Waals surface area contributed by atoms with E-state index >= 15 is 0 Å². The van der Waals surface area contributed by atoms with Crippen LogP contribution in [0.5, 0.6) is 0 Å². The summed E-state index contributed by atoms with van der Waals surface area (Å²) in [6, 6.07) is 12.3. The zero-order valence-electron chi connectivity index (χ0n) is 18.9. The largest absolute Gasteiger partial charge is 0.328 e. The van der Waals surface area contributed by atoms with Gasteiger partial charge < -0.3 is 0 Å². The number of benzene rings is 1. The maximum Gasteiger partial charge on any atom is 0.328 e. The number of nitrogens with one attached hydrogen (secondary N) is 1. The molecule has 0 atom stereocenters. The molecule has 0 amide bonds. The molecule has 33 heavy (non-hydrogen) atoms. The quantitative estimate of drug-likeness (QED) is 0.457. The Labute approximate surface area is 192 Å². The number of aromatic nitrogens is 7. The number of nitrogens with zero attached hydrogens (tertiary/aromatic N) is 6. The highest BCUT2D eigenvalue weighted by Gasteiger charge is 2.20. The summed E-state index contributed by atoms with van der Waals surface area (Å²) in [6.45, 7) is 2.69. The lowest BCUT2D eigenvalue weighted by molar-refractivity contribution is 0.344. The highest BCUT2D eigenvalue weighted by atomic mass is 16.1. The first kappa shape index (κ1) is 21.3. The van der Waals surface area contributed by atoms with Gasteiger partial charge in [0.05, 0.1) is 12.2 Å². The third kappa shape index (κ3) is 4.37. The minimum absolute atomic E-state index is 0.108.